The van der Waals surface area contributed by atoms with Crippen LogP contribution in [0.1, 0.15) is 0 Å². The minimum atomic E-state index is -0.931. The summed E-state index contributed by atoms with van der Waals surface area (Å²) < 4.78 is 1.58. The van der Waals surface area contributed by atoms with Crippen LogP contribution in [0.3, 0.4) is 0 Å². The second kappa shape index (κ2) is 6.19. The smallest absolute Gasteiger partial charge is 0.327 e. The topological polar surface area (TPSA) is 87.5 Å². The van der Waals surface area contributed by atoms with Crippen molar-refractivity contribution in [1.82, 2.24) is 15.1 Å². The fourth-order valence-electron chi connectivity index (χ4n) is 2.12. The van der Waals surface area contributed by atoms with Crippen molar-refractivity contribution in [2.45, 2.75) is 12.6 Å². The largest absolute Gasteiger partial charge is 0.480 e. The molecule has 2 heterocycles. The second-order valence-corrected chi connectivity index (χ2v) is 5.16. The van der Waals surface area contributed by atoms with Crippen LogP contribution in [-0.4, -0.2) is 46.5 Å². The van der Waals surface area contributed by atoms with E-state index in [-0.39, 0.29) is 5.56 Å². The summed E-state index contributed by atoms with van der Waals surface area (Å²) in [6, 6.07) is -0.712. The fraction of sp³-hybridized carbons (Fsp3) is 0.417. The number of aliphatic carboxylic acids is 1. The summed E-state index contributed by atoms with van der Waals surface area (Å²) in [5.41, 5.74) is 0.203. The molecule has 0 amide bonds. The van der Waals surface area contributed by atoms with Gasteiger partial charge in [0, 0.05) is 19.6 Å². The maximum atomic E-state index is 12.1. The Labute approximate surface area is 124 Å². The van der Waals surface area contributed by atoms with E-state index in [9.17, 15) is 14.7 Å². The molecule has 0 aromatic carbocycles. The summed E-state index contributed by atoms with van der Waals surface area (Å²) >= 11 is 3.25. The van der Waals surface area contributed by atoms with Crippen LogP contribution in [0.15, 0.2) is 28.1 Å². The van der Waals surface area contributed by atoms with Crippen molar-refractivity contribution >= 4 is 27.6 Å². The third-order valence-electron chi connectivity index (χ3n) is 3.11. The average molecular weight is 343 g/mol. The van der Waals surface area contributed by atoms with Gasteiger partial charge < -0.3 is 15.3 Å². The van der Waals surface area contributed by atoms with Gasteiger partial charge in [0.25, 0.3) is 5.56 Å². The molecule has 1 aromatic heterocycles. The molecule has 2 rings (SSSR count). The summed E-state index contributed by atoms with van der Waals surface area (Å²) in [6.07, 6.45) is 3.08. The molecule has 1 aliphatic rings. The van der Waals surface area contributed by atoms with Crippen molar-refractivity contribution in [1.29, 1.82) is 0 Å². The van der Waals surface area contributed by atoms with Gasteiger partial charge in [0.05, 0.1) is 18.4 Å². The Morgan fingerprint density at radius 1 is 1.70 bits per heavy atom. The molecule has 0 aliphatic carbocycles. The van der Waals surface area contributed by atoms with Gasteiger partial charge in [-0.3, -0.25) is 4.79 Å². The summed E-state index contributed by atoms with van der Waals surface area (Å²) in [7, 11) is 0. The first-order valence-electron chi connectivity index (χ1n) is 6.13. The van der Waals surface area contributed by atoms with Gasteiger partial charge in [0.1, 0.15) is 10.5 Å². The molecule has 2 N–H and O–H groups in total. The van der Waals surface area contributed by atoms with E-state index in [2.05, 4.69) is 32.9 Å². The van der Waals surface area contributed by atoms with E-state index in [4.69, 9.17) is 0 Å². The van der Waals surface area contributed by atoms with Gasteiger partial charge in [0.15, 0.2) is 0 Å². The predicted molar refractivity (Wildman–Crippen MR) is 78.0 cm³/mol. The maximum absolute atomic E-state index is 12.1. The van der Waals surface area contributed by atoms with Gasteiger partial charge in [-0.2, -0.15) is 5.10 Å². The molecular formula is C12H15BrN4O3. The van der Waals surface area contributed by atoms with Crippen LogP contribution >= 0.6 is 15.9 Å². The van der Waals surface area contributed by atoms with E-state index < -0.39 is 12.0 Å². The van der Waals surface area contributed by atoms with Crippen molar-refractivity contribution in [3.8, 4) is 0 Å². The lowest BCUT2D eigenvalue weighted by molar-refractivity contribution is -0.138. The first-order valence-corrected chi connectivity index (χ1v) is 6.92. The number of rotatable bonds is 4. The molecule has 1 atom stereocenters. The third kappa shape index (κ3) is 2.75. The molecule has 0 spiro atoms. The molecule has 108 valence electrons. The fourth-order valence-corrected chi connectivity index (χ4v) is 2.66. The summed E-state index contributed by atoms with van der Waals surface area (Å²) in [6.45, 7) is 5.36. The van der Waals surface area contributed by atoms with E-state index in [1.54, 1.807) is 11.0 Å². The van der Waals surface area contributed by atoms with Gasteiger partial charge in [-0.05, 0) is 15.9 Å². The number of carbonyl (C=O) groups is 1. The highest BCUT2D eigenvalue weighted by Gasteiger charge is 2.30. The molecule has 1 saturated heterocycles. The van der Waals surface area contributed by atoms with E-state index in [0.717, 1.165) is 0 Å². The lowest BCUT2D eigenvalue weighted by Gasteiger charge is -2.35. The van der Waals surface area contributed by atoms with Crippen LogP contribution < -0.4 is 15.8 Å². The van der Waals surface area contributed by atoms with Crippen molar-refractivity contribution in [3.05, 3.63) is 33.7 Å². The second-order valence-electron chi connectivity index (χ2n) is 4.37. The highest BCUT2D eigenvalue weighted by molar-refractivity contribution is 9.10. The zero-order valence-corrected chi connectivity index (χ0v) is 12.3. The van der Waals surface area contributed by atoms with Crippen LogP contribution in [-0.2, 0) is 11.3 Å². The molecule has 1 aliphatic heterocycles. The number of halogens is 1. The number of hydrogen-bond acceptors (Lipinski definition) is 5. The Bertz CT molecular complexity index is 587. The summed E-state index contributed by atoms with van der Waals surface area (Å²) in [4.78, 5) is 25.1. The van der Waals surface area contributed by atoms with Crippen LogP contribution in [0.25, 0.3) is 0 Å². The normalized spacial score (nSPS) is 18.9. The number of nitrogens with zero attached hydrogens (tertiary/aromatic N) is 3. The third-order valence-corrected chi connectivity index (χ3v) is 3.85. The first-order chi connectivity index (χ1) is 9.56. The number of carboxylic acids is 1. The molecule has 0 bridgehead atoms. The van der Waals surface area contributed by atoms with E-state index >= 15 is 0 Å². The zero-order valence-electron chi connectivity index (χ0n) is 10.8. The number of piperazine rings is 1. The Balaban J connectivity index is 2.41. The minimum Gasteiger partial charge on any atom is -0.480 e. The zero-order chi connectivity index (χ0) is 14.7. The number of nitrogens with one attached hydrogen (secondary N) is 1. The van der Waals surface area contributed by atoms with Gasteiger partial charge >= 0.3 is 5.97 Å². The number of aromatic nitrogens is 2. The van der Waals surface area contributed by atoms with Gasteiger partial charge in [0.2, 0.25) is 0 Å². The Kier molecular flexibility index (Phi) is 4.56. The number of allylic oxidation sites excluding steroid dienone is 1. The maximum Gasteiger partial charge on any atom is 0.327 e. The van der Waals surface area contributed by atoms with Gasteiger partial charge in [-0.1, -0.05) is 6.08 Å². The van der Waals surface area contributed by atoms with Gasteiger partial charge in [-0.15, -0.1) is 6.58 Å². The monoisotopic (exact) mass is 342 g/mol. The van der Waals surface area contributed by atoms with E-state index in [1.165, 1.54) is 10.9 Å². The van der Waals surface area contributed by atoms with Crippen LogP contribution in [0, 0.1) is 0 Å². The predicted octanol–water partition coefficient (Wildman–Crippen LogP) is 0.0546. The molecule has 1 fully saturated rings. The van der Waals surface area contributed by atoms with Gasteiger partial charge in [-0.25, -0.2) is 9.48 Å². The molecule has 7 nitrogen and oxygen atoms in total. The molecule has 1 aromatic rings. The minimum absolute atomic E-state index is 0.301. The van der Waals surface area contributed by atoms with Crippen molar-refractivity contribution in [3.63, 3.8) is 0 Å². The molecule has 0 radical (unpaired) electrons. The standard InChI is InChI=1S/C12H15BrN4O3/c1-2-4-17-11(18)10(13)8(7-15-17)16-5-3-14-6-9(16)12(19)20/h2,7,9,14H,1,3-6H2,(H,19,20). The number of anilines is 1. The SMILES string of the molecule is C=CCn1ncc(N2CCNCC2C(=O)O)c(Br)c1=O. The molecule has 1 unspecified atom stereocenters. The molecule has 8 heteroatoms. The quantitative estimate of drug-likeness (QED) is 0.752. The van der Waals surface area contributed by atoms with E-state index in [0.29, 0.717) is 36.3 Å². The average Bonchev–Trinajstić information content (AvgIpc) is 2.44. The molecular weight excluding hydrogens is 328 g/mol. The van der Waals surface area contributed by atoms with Crippen LogP contribution in [0.4, 0.5) is 5.69 Å². The highest BCUT2D eigenvalue weighted by Crippen LogP contribution is 2.24. The lowest BCUT2D eigenvalue weighted by atomic mass is 10.2. The lowest BCUT2D eigenvalue weighted by Crippen LogP contribution is -2.55. The molecule has 20 heavy (non-hydrogen) atoms. The Hall–Kier alpha value is -1.67. The van der Waals surface area contributed by atoms with Crippen molar-refractivity contribution in [2.24, 2.45) is 0 Å². The first kappa shape index (κ1) is 14.7. The number of hydrogen-bond donors (Lipinski definition) is 2. The number of carboxylic acid groups (broad SMARTS) is 1. The molecule has 0 saturated carbocycles. The Morgan fingerprint density at radius 2 is 2.45 bits per heavy atom. The Morgan fingerprint density at radius 3 is 3.10 bits per heavy atom. The summed E-state index contributed by atoms with van der Waals surface area (Å²) in [5, 5.41) is 16.3. The highest BCUT2D eigenvalue weighted by atomic mass is 79.9. The van der Waals surface area contributed by atoms with Crippen LogP contribution in [0.5, 0.6) is 0 Å². The summed E-state index contributed by atoms with van der Waals surface area (Å²) in [5.74, 6) is -0.931. The van der Waals surface area contributed by atoms with Crippen molar-refractivity contribution < 1.29 is 9.90 Å². The van der Waals surface area contributed by atoms with E-state index in [1.807, 2.05) is 0 Å². The van der Waals surface area contributed by atoms with Crippen molar-refractivity contribution in [2.75, 3.05) is 24.5 Å². The van der Waals surface area contributed by atoms with Crippen LogP contribution in [0.2, 0.25) is 0 Å².